The third kappa shape index (κ3) is 40.4. The van der Waals surface area contributed by atoms with Gasteiger partial charge in [0, 0.05) is 123 Å². The lowest BCUT2D eigenvalue weighted by atomic mass is 9.95. The van der Waals surface area contributed by atoms with Crippen LogP contribution in [-0.2, 0) is 200 Å². The number of amides is 8. The third-order valence-corrected chi connectivity index (χ3v) is 19.9. The molecule has 766 valence electrons. The lowest BCUT2D eigenvalue weighted by Crippen LogP contribution is -2.69. The Balaban J connectivity index is 1.66. The fourth-order valence-corrected chi connectivity index (χ4v) is 14.2. The highest BCUT2D eigenvalue weighted by Crippen LogP contribution is 2.39. The minimum atomic E-state index is -2.16. The van der Waals surface area contributed by atoms with Crippen LogP contribution in [0.2, 0.25) is 0 Å². The van der Waals surface area contributed by atoms with E-state index in [-0.39, 0.29) is 77.6 Å². The second-order valence-corrected chi connectivity index (χ2v) is 33.1. The zero-order chi connectivity index (χ0) is 102. The standard InChI is InChI=1S/C85H128N8O43/c1-39(34-117-43(5)94)74(108)91-64(42(4)123-49(11)100)79(113)92-63(41(3)122-48(10)99)78(112)90-58(35-118-44(6)95)76(110)88-40(2)80(114)93-32-26-29-59(93)77(111)89-57(75(109)86-30-27-31-87-84(115)136-85(19,20)21)28-24-22-23-25-33-116-81-71(128-54(16)105)69(126-52(14)103)66(61(131-81)37-120-46(8)97)134-83-73(130-56(18)107)70(127-53(15)104)67(62(133-83)38-121-47(9)98)135-82-72(129-55(17)106)68(125-51(13)102)65(124-50(12)101)60(132-82)36-119-45(7)96/h39-42,57-73,81-83H,22-38H2,1-21H3,(H,86,109)(H,87,115)(H,88,110)(H,89,111)(H,90,112)(H,91,108)(H,92,113)/t39-,40-,41?,42?,57-,58-,59-,60?,61?,62?,63-,64-,65-,66+,67-,68?,69?,70?,71?,72?,73?,81+,82+,83-/m0/s1. The van der Waals surface area contributed by atoms with Crippen LogP contribution in [0.15, 0.2) is 0 Å². The lowest BCUT2D eigenvalue weighted by molar-refractivity contribution is -0.380. The van der Waals surface area contributed by atoms with Crippen LogP contribution in [0.4, 0.5) is 4.79 Å². The van der Waals surface area contributed by atoms with E-state index >= 15 is 0 Å². The average molecular weight is 1950 g/mol. The molecule has 4 aliphatic heterocycles. The molecule has 0 aromatic rings. The zero-order valence-corrected chi connectivity index (χ0v) is 79.9. The van der Waals surface area contributed by atoms with Crippen molar-refractivity contribution in [3.8, 4) is 0 Å². The molecule has 4 saturated heterocycles. The summed E-state index contributed by atoms with van der Waals surface area (Å²) >= 11 is 0. The second-order valence-electron chi connectivity index (χ2n) is 33.1. The van der Waals surface area contributed by atoms with Crippen molar-refractivity contribution in [3.05, 3.63) is 0 Å². The van der Waals surface area contributed by atoms with E-state index in [1.165, 1.54) is 27.7 Å². The summed E-state index contributed by atoms with van der Waals surface area (Å²) in [6, 6.07) is -9.71. The van der Waals surface area contributed by atoms with Gasteiger partial charge in [0.05, 0.1) is 5.92 Å². The molecule has 0 aliphatic carbocycles. The van der Waals surface area contributed by atoms with E-state index in [0.717, 1.165) is 102 Å². The first kappa shape index (κ1) is 116. The summed E-state index contributed by atoms with van der Waals surface area (Å²) in [6.07, 6.45) is -30.9. The number of alkyl carbamates (subject to hydrolysis) is 1. The van der Waals surface area contributed by atoms with Gasteiger partial charge in [0.15, 0.2) is 61.6 Å². The Morgan fingerprint density at radius 2 is 0.757 bits per heavy atom. The van der Waals surface area contributed by atoms with Gasteiger partial charge in [-0.25, -0.2) is 4.79 Å². The van der Waals surface area contributed by atoms with Crippen molar-refractivity contribution >= 4 is 131 Å². The first-order valence-electron chi connectivity index (χ1n) is 43.8. The molecule has 0 aromatic carbocycles. The molecular weight excluding hydrogens is 1820 g/mol. The Bertz CT molecular complexity index is 4200. The van der Waals surface area contributed by atoms with Crippen molar-refractivity contribution in [2.75, 3.05) is 59.3 Å². The SMILES string of the molecule is CC(=O)OCC1O[C@@H](OCCCCCC[C@H](NC(=O)[C@@H]2CCCN2C(=O)[C@H](C)NC(=O)[C@H](COC(C)=O)NC(=O)[C@@H](NC(=O)[C@@H](NC(=O)[C@@H](C)COC(C)=O)C(C)OC(C)=O)C(C)OC(C)=O)C(=O)NCCCNC(=O)OC(C)(C)C)C(OC(C)=O)C(OC(C)=O)[C@@H]1O[C@@H]1OC(COC(C)=O)[C@H](O[C@H]2OC(COC(C)=O)[C@H](OC(C)=O)C(OC(C)=O)C2OC(C)=O)C(OC(C)=O)C1OC(C)=O. The van der Waals surface area contributed by atoms with E-state index in [9.17, 15) is 105 Å². The summed E-state index contributed by atoms with van der Waals surface area (Å²) in [5.74, 6) is -21.7. The molecule has 8 amide bonds. The van der Waals surface area contributed by atoms with Crippen molar-refractivity contribution in [3.63, 3.8) is 0 Å². The number of ether oxygens (including phenoxy) is 21. The molecule has 4 aliphatic rings. The van der Waals surface area contributed by atoms with Gasteiger partial charge in [0.25, 0.3) is 0 Å². The summed E-state index contributed by atoms with van der Waals surface area (Å²) in [7, 11) is 0. The Morgan fingerprint density at radius 1 is 0.368 bits per heavy atom. The number of carbonyl (C=O) groups is 22. The maximum atomic E-state index is 14.6. The molecule has 0 radical (unpaired) electrons. The molecule has 0 spiro atoms. The number of esters is 14. The van der Waals surface area contributed by atoms with Gasteiger partial charge in [-0.2, -0.15) is 0 Å². The number of nitrogens with one attached hydrogen (secondary N) is 7. The van der Waals surface area contributed by atoms with Crippen molar-refractivity contribution in [1.29, 1.82) is 0 Å². The maximum absolute atomic E-state index is 14.6. The number of rotatable bonds is 49. The quantitative estimate of drug-likeness (QED) is 0.0202. The molecule has 136 heavy (non-hydrogen) atoms. The van der Waals surface area contributed by atoms with Gasteiger partial charge in [-0.1, -0.05) is 26.2 Å². The number of hydrogen-bond acceptors (Lipinski definition) is 43. The predicted octanol–water partition coefficient (Wildman–Crippen LogP) is -1.76. The van der Waals surface area contributed by atoms with E-state index in [1.807, 2.05) is 0 Å². The molecular formula is C85H128N8O43. The van der Waals surface area contributed by atoms with E-state index in [0.29, 0.717) is 0 Å². The normalized spacial score (nSPS) is 24.1. The van der Waals surface area contributed by atoms with E-state index < -0.39 is 316 Å². The fourth-order valence-electron chi connectivity index (χ4n) is 14.2. The highest BCUT2D eigenvalue weighted by atomic mass is 16.8. The summed E-state index contributed by atoms with van der Waals surface area (Å²) in [4.78, 5) is 291. The number of likely N-dealkylation sites (tertiary alicyclic amines) is 1. The van der Waals surface area contributed by atoms with Crippen LogP contribution < -0.4 is 37.2 Å². The van der Waals surface area contributed by atoms with Crippen LogP contribution in [-0.4, -0.2) is 341 Å². The van der Waals surface area contributed by atoms with Crippen LogP contribution in [0.1, 0.15) is 197 Å². The Kier molecular flexibility index (Phi) is 48.2. The highest BCUT2D eigenvalue weighted by Gasteiger charge is 2.61. The number of nitrogens with zero attached hydrogens (tertiary/aromatic N) is 1. The van der Waals surface area contributed by atoms with Crippen molar-refractivity contribution < 1.29 is 205 Å². The van der Waals surface area contributed by atoms with Crippen LogP contribution in [0, 0.1) is 5.92 Å². The van der Waals surface area contributed by atoms with Gasteiger partial charge in [-0.15, -0.1) is 0 Å². The zero-order valence-electron chi connectivity index (χ0n) is 79.9. The fraction of sp³-hybridized carbons (Fsp3) is 0.741. The first-order chi connectivity index (χ1) is 63.6. The molecule has 4 fully saturated rings. The summed E-state index contributed by atoms with van der Waals surface area (Å²) in [6.45, 7) is 19.5. The molecule has 0 bridgehead atoms. The van der Waals surface area contributed by atoms with Crippen LogP contribution in [0.5, 0.6) is 0 Å². The van der Waals surface area contributed by atoms with Gasteiger partial charge in [0.2, 0.25) is 41.4 Å². The van der Waals surface area contributed by atoms with Gasteiger partial charge in [0.1, 0.15) is 118 Å². The molecule has 51 nitrogen and oxygen atoms in total. The molecule has 0 saturated carbocycles. The largest absolute Gasteiger partial charge is 0.465 e. The molecule has 24 atom stereocenters. The number of carbonyl (C=O) groups excluding carboxylic acids is 22. The average Bonchev–Trinajstić information content (AvgIpc) is 0.943. The van der Waals surface area contributed by atoms with E-state index in [2.05, 4.69) is 37.2 Å². The van der Waals surface area contributed by atoms with Gasteiger partial charge in [-0.05, 0) is 73.6 Å². The Hall–Kier alpha value is -12.1. The van der Waals surface area contributed by atoms with Crippen molar-refractivity contribution in [1.82, 2.24) is 42.1 Å². The van der Waals surface area contributed by atoms with Crippen LogP contribution in [0.3, 0.4) is 0 Å². The smallest absolute Gasteiger partial charge is 0.407 e. The molecule has 4 rings (SSSR count). The molecule has 7 N–H and O–H groups in total. The van der Waals surface area contributed by atoms with Gasteiger partial charge < -0.3 is 142 Å². The lowest BCUT2D eigenvalue weighted by Gasteiger charge is -2.50. The van der Waals surface area contributed by atoms with E-state index in [4.69, 9.17) is 99.5 Å². The van der Waals surface area contributed by atoms with Gasteiger partial charge >= 0.3 is 89.7 Å². The van der Waals surface area contributed by atoms with E-state index in [1.54, 1.807) is 20.8 Å². The number of hydrogen-bond donors (Lipinski definition) is 7. The van der Waals surface area contributed by atoms with Crippen molar-refractivity contribution in [2.24, 2.45) is 5.92 Å². The monoisotopic (exact) mass is 1950 g/mol. The molecule has 0 aromatic heterocycles. The highest BCUT2D eigenvalue weighted by molar-refractivity contribution is 5.98. The van der Waals surface area contributed by atoms with Crippen LogP contribution >= 0.6 is 0 Å². The Labute approximate surface area is 783 Å². The van der Waals surface area contributed by atoms with Crippen molar-refractivity contribution in [2.45, 2.75) is 343 Å². The van der Waals surface area contributed by atoms with Gasteiger partial charge in [-0.3, -0.25) is 101 Å². The summed E-state index contributed by atoms with van der Waals surface area (Å²) in [5, 5.41) is 17.5. The maximum Gasteiger partial charge on any atom is 0.407 e. The molecule has 51 heteroatoms. The third-order valence-electron chi connectivity index (χ3n) is 19.9. The van der Waals surface area contributed by atoms with Crippen LogP contribution in [0.25, 0.3) is 0 Å². The summed E-state index contributed by atoms with van der Waals surface area (Å²) < 4.78 is 120. The topological polar surface area (TPSA) is 657 Å². The molecule has 11 unspecified atom stereocenters. The minimum Gasteiger partial charge on any atom is -0.465 e. The Morgan fingerprint density at radius 3 is 1.20 bits per heavy atom. The second kappa shape index (κ2) is 56.4. The first-order valence-corrected chi connectivity index (χ1v) is 43.8. The summed E-state index contributed by atoms with van der Waals surface area (Å²) in [5.41, 5.74) is -0.830. The molecule has 4 heterocycles. The predicted molar refractivity (Wildman–Crippen MR) is 450 cm³/mol. The number of unbranched alkanes of at least 4 members (excludes halogenated alkanes) is 3. The minimum absolute atomic E-state index is 0.0355.